The number of nitrogens with two attached hydrogens (primary N) is 1. The number of carbonyl (C=O) groups excluding carboxylic acids is 1. The van der Waals surface area contributed by atoms with E-state index in [1.165, 1.54) is 18.7 Å². The molecule has 33 heavy (non-hydrogen) atoms. The van der Waals surface area contributed by atoms with E-state index < -0.39 is 17.3 Å². The van der Waals surface area contributed by atoms with Gasteiger partial charge in [-0.25, -0.2) is 14.4 Å². The molecule has 0 saturated heterocycles. The van der Waals surface area contributed by atoms with Gasteiger partial charge in [-0.15, -0.1) is 0 Å². The number of nitrogens with one attached hydrogen (secondary N) is 1. The second-order valence-electron chi connectivity index (χ2n) is 8.36. The summed E-state index contributed by atoms with van der Waals surface area (Å²) >= 11 is 0. The zero-order chi connectivity index (χ0) is 23.2. The van der Waals surface area contributed by atoms with Crippen LogP contribution in [0, 0.1) is 5.82 Å². The molecule has 1 aliphatic heterocycles. The molecule has 3 N–H and O–H groups in total. The highest BCUT2D eigenvalue weighted by atomic mass is 19.1. The Bertz CT molecular complexity index is 1380. The van der Waals surface area contributed by atoms with Crippen LogP contribution in [0.3, 0.4) is 0 Å². The van der Waals surface area contributed by atoms with Gasteiger partial charge in [0.25, 0.3) is 5.91 Å². The van der Waals surface area contributed by atoms with Crippen LogP contribution in [0.1, 0.15) is 29.9 Å². The summed E-state index contributed by atoms with van der Waals surface area (Å²) in [5, 5.41) is 2.84. The van der Waals surface area contributed by atoms with E-state index in [-0.39, 0.29) is 11.6 Å². The second kappa shape index (κ2) is 7.70. The van der Waals surface area contributed by atoms with Gasteiger partial charge in [0, 0.05) is 46.8 Å². The number of halogens is 1. The van der Waals surface area contributed by atoms with Crippen molar-refractivity contribution in [3.63, 3.8) is 0 Å². The third-order valence-corrected chi connectivity index (χ3v) is 5.28. The van der Waals surface area contributed by atoms with Crippen LogP contribution in [0.15, 0.2) is 59.6 Å². The number of nitrogen functional groups attached to an aromatic ring is 1. The SMILES string of the molecule is CC1(C)Cc2cc(NC(=O)c3coc(-c4ccnc(N)c4)n3)c(-c3ccncc3F)cc2O1. The van der Waals surface area contributed by atoms with Gasteiger partial charge in [0.15, 0.2) is 5.69 Å². The minimum atomic E-state index is -0.510. The maximum Gasteiger partial charge on any atom is 0.277 e. The molecule has 4 heterocycles. The van der Waals surface area contributed by atoms with Gasteiger partial charge in [-0.2, -0.15) is 0 Å². The number of rotatable bonds is 4. The van der Waals surface area contributed by atoms with E-state index in [4.69, 9.17) is 14.9 Å². The first-order valence-corrected chi connectivity index (χ1v) is 10.2. The van der Waals surface area contributed by atoms with Crippen molar-refractivity contribution >= 4 is 17.4 Å². The number of nitrogens with zero attached hydrogens (tertiary/aromatic N) is 3. The van der Waals surface area contributed by atoms with Gasteiger partial charge in [0.2, 0.25) is 5.89 Å². The number of oxazole rings is 1. The summed E-state index contributed by atoms with van der Waals surface area (Å²) in [6.45, 7) is 3.95. The Labute approximate surface area is 188 Å². The molecule has 0 atom stereocenters. The number of fused-ring (bicyclic) bond motifs is 1. The molecule has 0 radical (unpaired) electrons. The van der Waals surface area contributed by atoms with Crippen molar-refractivity contribution in [2.75, 3.05) is 11.1 Å². The molecule has 0 aliphatic carbocycles. The van der Waals surface area contributed by atoms with Crippen molar-refractivity contribution in [3.8, 4) is 28.3 Å². The molecule has 5 rings (SSSR count). The van der Waals surface area contributed by atoms with Crippen LogP contribution in [0.25, 0.3) is 22.6 Å². The number of ether oxygens (including phenoxy) is 1. The standard InChI is InChI=1S/C24H20FN5O3/c1-24(2)10-14-7-18(16(9-20(14)33-24)15-4-5-27-11-17(15)25)29-22(31)19-12-32-23(30-19)13-3-6-28-21(26)8-13/h3-9,11-12H,10H2,1-2H3,(H2,26,28)(H,29,31). The zero-order valence-corrected chi connectivity index (χ0v) is 17.9. The molecule has 1 aromatic carbocycles. The molecule has 0 saturated carbocycles. The summed E-state index contributed by atoms with van der Waals surface area (Å²) in [5.41, 5.74) is 8.10. The van der Waals surface area contributed by atoms with E-state index in [1.54, 1.807) is 24.3 Å². The Morgan fingerprint density at radius 2 is 2.03 bits per heavy atom. The van der Waals surface area contributed by atoms with Crippen LogP contribution in [-0.4, -0.2) is 26.5 Å². The number of amides is 1. The Morgan fingerprint density at radius 3 is 2.82 bits per heavy atom. The topological polar surface area (TPSA) is 116 Å². The zero-order valence-electron chi connectivity index (χ0n) is 17.9. The molecule has 1 amide bonds. The van der Waals surface area contributed by atoms with Gasteiger partial charge >= 0.3 is 0 Å². The summed E-state index contributed by atoms with van der Waals surface area (Å²) in [5.74, 6) is 0.191. The molecule has 1 aliphatic rings. The normalized spacial score (nSPS) is 13.9. The number of hydrogen-bond donors (Lipinski definition) is 2. The number of carbonyl (C=O) groups is 1. The Balaban J connectivity index is 1.51. The summed E-state index contributed by atoms with van der Waals surface area (Å²) in [6.07, 6.45) is 6.06. The fraction of sp³-hybridized carbons (Fsp3) is 0.167. The maximum absolute atomic E-state index is 14.6. The van der Waals surface area contributed by atoms with Crippen molar-refractivity contribution in [3.05, 3.63) is 72.3 Å². The third kappa shape index (κ3) is 4.00. The van der Waals surface area contributed by atoms with E-state index in [0.29, 0.717) is 40.4 Å². The van der Waals surface area contributed by atoms with Crippen LogP contribution in [-0.2, 0) is 6.42 Å². The van der Waals surface area contributed by atoms with Crippen LogP contribution in [0.4, 0.5) is 15.9 Å². The first-order chi connectivity index (χ1) is 15.8. The van der Waals surface area contributed by atoms with Crippen molar-refractivity contribution in [2.45, 2.75) is 25.9 Å². The number of pyridine rings is 2. The van der Waals surface area contributed by atoms with Gasteiger partial charge < -0.3 is 20.2 Å². The van der Waals surface area contributed by atoms with Crippen molar-refractivity contribution in [1.82, 2.24) is 15.0 Å². The molecule has 166 valence electrons. The van der Waals surface area contributed by atoms with Crippen LogP contribution < -0.4 is 15.8 Å². The molecule has 0 spiro atoms. The molecular weight excluding hydrogens is 425 g/mol. The number of hydrogen-bond acceptors (Lipinski definition) is 7. The average molecular weight is 445 g/mol. The van der Waals surface area contributed by atoms with Crippen molar-refractivity contribution < 1.29 is 18.3 Å². The predicted octanol–water partition coefficient (Wildman–Crippen LogP) is 4.49. The summed E-state index contributed by atoms with van der Waals surface area (Å²) < 4.78 is 26.1. The van der Waals surface area contributed by atoms with E-state index >= 15 is 0 Å². The van der Waals surface area contributed by atoms with Crippen LogP contribution >= 0.6 is 0 Å². The first kappa shape index (κ1) is 20.6. The lowest BCUT2D eigenvalue weighted by Gasteiger charge is -2.17. The van der Waals surface area contributed by atoms with E-state index in [9.17, 15) is 9.18 Å². The van der Waals surface area contributed by atoms with Gasteiger partial charge in [-0.05, 0) is 44.2 Å². The largest absolute Gasteiger partial charge is 0.487 e. The predicted molar refractivity (Wildman–Crippen MR) is 120 cm³/mol. The van der Waals surface area contributed by atoms with Gasteiger partial charge in [0.1, 0.15) is 29.2 Å². The lowest BCUT2D eigenvalue weighted by atomic mass is 9.97. The molecule has 0 unspecified atom stereocenters. The molecule has 9 heteroatoms. The smallest absolute Gasteiger partial charge is 0.277 e. The average Bonchev–Trinajstić information content (AvgIpc) is 3.37. The lowest BCUT2D eigenvalue weighted by molar-refractivity contribution is 0.102. The van der Waals surface area contributed by atoms with Crippen LogP contribution in [0.5, 0.6) is 5.75 Å². The summed E-state index contributed by atoms with van der Waals surface area (Å²) in [4.78, 5) is 25.0. The van der Waals surface area contributed by atoms with Crippen molar-refractivity contribution in [1.29, 1.82) is 0 Å². The summed E-state index contributed by atoms with van der Waals surface area (Å²) in [7, 11) is 0. The quantitative estimate of drug-likeness (QED) is 0.475. The first-order valence-electron chi connectivity index (χ1n) is 10.2. The molecular formula is C24H20FN5O3. The highest BCUT2D eigenvalue weighted by Crippen LogP contribution is 2.42. The van der Waals surface area contributed by atoms with Gasteiger partial charge in [0.05, 0.1) is 6.20 Å². The Hall–Kier alpha value is -4.27. The fourth-order valence-corrected chi connectivity index (χ4v) is 3.85. The Morgan fingerprint density at radius 1 is 1.18 bits per heavy atom. The molecule has 8 nitrogen and oxygen atoms in total. The summed E-state index contributed by atoms with van der Waals surface area (Å²) in [6, 6.07) is 8.37. The van der Waals surface area contributed by atoms with Crippen molar-refractivity contribution in [2.24, 2.45) is 0 Å². The Kier molecular flexibility index (Phi) is 4.81. The minimum Gasteiger partial charge on any atom is -0.487 e. The number of benzene rings is 1. The number of anilines is 2. The monoisotopic (exact) mass is 445 g/mol. The third-order valence-electron chi connectivity index (χ3n) is 5.28. The molecule has 0 fully saturated rings. The van der Waals surface area contributed by atoms with E-state index in [1.807, 2.05) is 19.9 Å². The maximum atomic E-state index is 14.6. The lowest BCUT2D eigenvalue weighted by Crippen LogP contribution is -2.24. The van der Waals surface area contributed by atoms with Gasteiger partial charge in [-0.1, -0.05) is 0 Å². The highest BCUT2D eigenvalue weighted by molar-refractivity contribution is 6.05. The number of aromatic nitrogens is 3. The van der Waals surface area contributed by atoms with E-state index in [2.05, 4.69) is 20.3 Å². The molecule has 0 bridgehead atoms. The molecule has 3 aromatic heterocycles. The van der Waals surface area contributed by atoms with Gasteiger partial charge in [-0.3, -0.25) is 9.78 Å². The van der Waals surface area contributed by atoms with E-state index in [0.717, 1.165) is 11.8 Å². The second-order valence-corrected chi connectivity index (χ2v) is 8.36. The van der Waals surface area contributed by atoms with Crippen LogP contribution in [0.2, 0.25) is 0 Å². The molecule has 4 aromatic rings. The highest BCUT2D eigenvalue weighted by Gasteiger charge is 2.32. The minimum absolute atomic E-state index is 0.0682. The fourth-order valence-electron chi connectivity index (χ4n) is 3.85.